The number of nitrogens with one attached hydrogen (secondary N) is 1. The normalized spacial score (nSPS) is 15.3. The number of amides is 4. The Kier molecular flexibility index (Phi) is 6.96. The van der Waals surface area contributed by atoms with Crippen molar-refractivity contribution < 1.29 is 28.2 Å². The maximum absolute atomic E-state index is 13.4. The van der Waals surface area contributed by atoms with Gasteiger partial charge in [-0.1, -0.05) is 12.1 Å². The molecular weight excluding hydrogens is 453 g/mol. The van der Waals surface area contributed by atoms with Crippen LogP contribution in [0.3, 0.4) is 0 Å². The summed E-state index contributed by atoms with van der Waals surface area (Å²) in [5, 5.41) is 2.75. The molecule has 1 aliphatic heterocycles. The summed E-state index contributed by atoms with van der Waals surface area (Å²) in [7, 11) is 3.09. The van der Waals surface area contributed by atoms with Crippen LogP contribution in [-0.4, -0.2) is 43.0 Å². The van der Waals surface area contributed by atoms with Gasteiger partial charge in [-0.05, 0) is 66.2 Å². The van der Waals surface area contributed by atoms with Crippen LogP contribution >= 0.6 is 0 Å². The van der Waals surface area contributed by atoms with Gasteiger partial charge >= 0.3 is 6.03 Å². The van der Waals surface area contributed by atoms with Crippen LogP contribution < -0.4 is 19.7 Å². The maximum atomic E-state index is 13.4. The smallest absolute Gasteiger partial charge is 0.332 e. The minimum atomic E-state index is -1.03. The molecule has 0 aliphatic carbocycles. The molecule has 1 saturated heterocycles. The Morgan fingerprint density at radius 2 is 1.46 bits per heavy atom. The van der Waals surface area contributed by atoms with Crippen molar-refractivity contribution in [3.05, 3.63) is 84.2 Å². The second kappa shape index (κ2) is 10.3. The summed E-state index contributed by atoms with van der Waals surface area (Å²) in [6, 6.07) is 17.3. The van der Waals surface area contributed by atoms with Crippen molar-refractivity contribution in [3.8, 4) is 11.5 Å². The van der Waals surface area contributed by atoms with E-state index in [0.717, 1.165) is 10.5 Å². The van der Waals surface area contributed by atoms with Crippen molar-refractivity contribution in [2.45, 2.75) is 19.0 Å². The van der Waals surface area contributed by atoms with E-state index in [1.807, 2.05) is 0 Å². The number of carbonyl (C=O) groups excluding carboxylic acids is 3. The first-order chi connectivity index (χ1) is 16.9. The second-order valence-electron chi connectivity index (χ2n) is 7.91. The molecule has 3 aromatic carbocycles. The van der Waals surface area contributed by atoms with Crippen LogP contribution in [0, 0.1) is 5.82 Å². The highest BCUT2D eigenvalue weighted by Crippen LogP contribution is 2.29. The number of hydrogen-bond acceptors (Lipinski definition) is 5. The average Bonchev–Trinajstić information content (AvgIpc) is 3.09. The highest BCUT2D eigenvalue weighted by atomic mass is 19.1. The van der Waals surface area contributed by atoms with E-state index in [9.17, 15) is 18.8 Å². The van der Waals surface area contributed by atoms with Crippen molar-refractivity contribution in [1.29, 1.82) is 0 Å². The topological polar surface area (TPSA) is 88.2 Å². The Hall–Kier alpha value is -4.40. The zero-order chi connectivity index (χ0) is 24.9. The summed E-state index contributed by atoms with van der Waals surface area (Å²) < 4.78 is 23.7. The summed E-state index contributed by atoms with van der Waals surface area (Å²) in [4.78, 5) is 41.8. The van der Waals surface area contributed by atoms with E-state index in [-0.39, 0.29) is 18.7 Å². The lowest BCUT2D eigenvalue weighted by Gasteiger charge is -2.22. The lowest BCUT2D eigenvalue weighted by atomic mass is 10.1. The molecule has 0 saturated carbocycles. The van der Waals surface area contributed by atoms with Crippen molar-refractivity contribution >= 4 is 29.2 Å². The lowest BCUT2D eigenvalue weighted by Crippen LogP contribution is -2.37. The fraction of sp³-hybridized carbons (Fsp3) is 0.192. The van der Waals surface area contributed by atoms with E-state index in [1.54, 1.807) is 62.8 Å². The van der Waals surface area contributed by atoms with Crippen LogP contribution in [0.1, 0.15) is 12.0 Å². The highest BCUT2D eigenvalue weighted by molar-refractivity contribution is 6.22. The summed E-state index contributed by atoms with van der Waals surface area (Å²) >= 11 is 0. The predicted molar refractivity (Wildman–Crippen MR) is 128 cm³/mol. The molecule has 9 heteroatoms. The van der Waals surface area contributed by atoms with Gasteiger partial charge in [-0.2, -0.15) is 0 Å². The van der Waals surface area contributed by atoms with Gasteiger partial charge in [0.05, 0.1) is 26.3 Å². The van der Waals surface area contributed by atoms with Crippen LogP contribution in [0.5, 0.6) is 11.5 Å². The zero-order valence-electron chi connectivity index (χ0n) is 19.2. The molecule has 0 bridgehead atoms. The zero-order valence-corrected chi connectivity index (χ0v) is 19.2. The Labute approximate surface area is 201 Å². The molecule has 1 atom stereocenters. The summed E-state index contributed by atoms with van der Waals surface area (Å²) in [6.45, 7) is 0.104. The molecule has 0 unspecified atom stereocenters. The fourth-order valence-electron chi connectivity index (χ4n) is 3.83. The Morgan fingerprint density at radius 1 is 0.886 bits per heavy atom. The third-order valence-corrected chi connectivity index (χ3v) is 5.67. The lowest BCUT2D eigenvalue weighted by molar-refractivity contribution is -0.124. The molecule has 0 spiro atoms. The molecule has 4 rings (SSSR count). The van der Waals surface area contributed by atoms with Crippen molar-refractivity contribution in [2.24, 2.45) is 0 Å². The van der Waals surface area contributed by atoms with Gasteiger partial charge in [0, 0.05) is 12.2 Å². The number of benzene rings is 3. The molecule has 0 radical (unpaired) electrons. The molecule has 1 N–H and O–H groups in total. The number of nitrogens with zero attached hydrogens (tertiary/aromatic N) is 2. The quantitative estimate of drug-likeness (QED) is 0.491. The minimum Gasteiger partial charge on any atom is -0.497 e. The Morgan fingerprint density at radius 3 is 2.03 bits per heavy atom. The van der Waals surface area contributed by atoms with Crippen molar-refractivity contribution in [3.63, 3.8) is 0 Å². The van der Waals surface area contributed by atoms with Gasteiger partial charge in [0.15, 0.2) is 0 Å². The fourth-order valence-corrected chi connectivity index (χ4v) is 3.83. The van der Waals surface area contributed by atoms with E-state index in [1.165, 1.54) is 29.2 Å². The number of halogens is 1. The number of carbonyl (C=O) groups is 3. The van der Waals surface area contributed by atoms with E-state index in [0.29, 0.717) is 17.2 Å². The third-order valence-electron chi connectivity index (χ3n) is 5.67. The van der Waals surface area contributed by atoms with E-state index >= 15 is 0 Å². The monoisotopic (exact) mass is 477 g/mol. The summed E-state index contributed by atoms with van der Waals surface area (Å²) in [6.07, 6.45) is -0.246. The maximum Gasteiger partial charge on any atom is 0.332 e. The Balaban J connectivity index is 1.58. The molecule has 180 valence electrons. The standard InChI is InChI=1S/C26H24FN3O5/c1-34-21-11-3-17(4-12-21)16-29-23(15-24(31)28-19-7-13-22(35-2)14-8-19)25(32)30(26(29)33)20-9-5-18(27)6-10-20/h3-14,23H,15-16H2,1-2H3,(H,28,31)/t23-/m0/s1. The van der Waals surface area contributed by atoms with Crippen molar-refractivity contribution in [1.82, 2.24) is 4.90 Å². The second-order valence-corrected chi connectivity index (χ2v) is 7.91. The van der Waals surface area contributed by atoms with Gasteiger partial charge in [-0.15, -0.1) is 0 Å². The van der Waals surface area contributed by atoms with Crippen LogP contribution in [0.15, 0.2) is 72.8 Å². The molecule has 8 nitrogen and oxygen atoms in total. The van der Waals surface area contributed by atoms with E-state index in [4.69, 9.17) is 9.47 Å². The largest absolute Gasteiger partial charge is 0.497 e. The number of methoxy groups -OCH3 is 2. The number of rotatable bonds is 8. The molecule has 1 fully saturated rings. The van der Waals surface area contributed by atoms with Crippen molar-refractivity contribution in [2.75, 3.05) is 24.4 Å². The van der Waals surface area contributed by atoms with E-state index in [2.05, 4.69) is 5.32 Å². The van der Waals surface area contributed by atoms with Crippen LogP contribution in [0.4, 0.5) is 20.6 Å². The van der Waals surface area contributed by atoms with Crippen LogP contribution in [0.2, 0.25) is 0 Å². The molecule has 3 aromatic rings. The molecular formula is C26H24FN3O5. The summed E-state index contributed by atoms with van der Waals surface area (Å²) in [5.74, 6) is -0.179. The van der Waals surface area contributed by atoms with Gasteiger partial charge in [-0.25, -0.2) is 14.1 Å². The highest BCUT2D eigenvalue weighted by Gasteiger charge is 2.46. The number of hydrogen-bond donors (Lipinski definition) is 1. The minimum absolute atomic E-state index is 0.104. The molecule has 1 heterocycles. The van der Waals surface area contributed by atoms with Crippen LogP contribution in [-0.2, 0) is 16.1 Å². The number of ether oxygens (including phenoxy) is 2. The SMILES string of the molecule is COc1ccc(CN2C(=O)N(c3ccc(F)cc3)C(=O)[C@@H]2CC(=O)Nc2ccc(OC)cc2)cc1. The molecule has 35 heavy (non-hydrogen) atoms. The molecule has 1 aliphatic rings. The average molecular weight is 477 g/mol. The van der Waals surface area contributed by atoms with Gasteiger partial charge < -0.3 is 19.7 Å². The number of urea groups is 1. The van der Waals surface area contributed by atoms with Gasteiger partial charge in [0.25, 0.3) is 5.91 Å². The first-order valence-corrected chi connectivity index (χ1v) is 10.9. The molecule has 0 aromatic heterocycles. The molecule has 4 amide bonds. The number of imide groups is 1. The Bertz CT molecular complexity index is 1210. The van der Waals surface area contributed by atoms with E-state index < -0.39 is 29.7 Å². The van der Waals surface area contributed by atoms with Crippen LogP contribution in [0.25, 0.3) is 0 Å². The summed E-state index contributed by atoms with van der Waals surface area (Å²) in [5.41, 5.74) is 1.53. The van der Waals surface area contributed by atoms with Gasteiger partial charge in [-0.3, -0.25) is 9.59 Å². The van der Waals surface area contributed by atoms with Gasteiger partial charge in [0.2, 0.25) is 5.91 Å². The number of anilines is 2. The first-order valence-electron chi connectivity index (χ1n) is 10.9. The van der Waals surface area contributed by atoms with Gasteiger partial charge in [0.1, 0.15) is 23.4 Å². The predicted octanol–water partition coefficient (Wildman–Crippen LogP) is 4.21. The first kappa shape index (κ1) is 23.7. The third kappa shape index (κ3) is 5.24.